The van der Waals surface area contributed by atoms with Crippen LogP contribution in [0.25, 0.3) is 0 Å². The van der Waals surface area contributed by atoms with Gasteiger partial charge in [-0.2, -0.15) is 0 Å². The molecule has 2 N–H and O–H groups in total. The van der Waals surface area contributed by atoms with Crippen molar-refractivity contribution in [2.45, 2.75) is 52.6 Å². The average molecular weight is 306 g/mol. The molecular weight excluding hydrogens is 284 g/mol. The zero-order chi connectivity index (χ0) is 16.7. The Kier molecular flexibility index (Phi) is 2.85. The normalized spacial score (nSPS) is 39.6. The van der Waals surface area contributed by atoms with Crippen LogP contribution in [0.15, 0.2) is 11.3 Å². The van der Waals surface area contributed by atoms with E-state index in [1.54, 1.807) is 13.8 Å². The zero-order valence-corrected chi connectivity index (χ0v) is 13.4. The summed E-state index contributed by atoms with van der Waals surface area (Å²) in [7, 11) is 0. The third-order valence-electron chi connectivity index (χ3n) is 6.01. The highest BCUT2D eigenvalue weighted by Gasteiger charge is 2.75. The van der Waals surface area contributed by atoms with E-state index in [0.29, 0.717) is 12.8 Å². The molecule has 0 aromatic rings. The maximum Gasteiger partial charge on any atom is 0.209 e. The fraction of sp³-hybridized carbons (Fsp3) is 0.706. The first-order valence-electron chi connectivity index (χ1n) is 7.80. The van der Waals surface area contributed by atoms with Gasteiger partial charge in [-0.3, -0.25) is 14.4 Å². The molecule has 0 heterocycles. The Bertz CT molecular complexity index is 641. The largest absolute Gasteiger partial charge is 0.510 e. The number of hydrogen-bond acceptors (Lipinski definition) is 5. The lowest BCUT2D eigenvalue weighted by Gasteiger charge is -2.40. The summed E-state index contributed by atoms with van der Waals surface area (Å²) in [6.07, 6.45) is 1.22. The Morgan fingerprint density at radius 1 is 1.23 bits per heavy atom. The van der Waals surface area contributed by atoms with Crippen molar-refractivity contribution in [2.24, 2.45) is 22.7 Å². The minimum Gasteiger partial charge on any atom is -0.510 e. The summed E-state index contributed by atoms with van der Waals surface area (Å²) < 4.78 is 0. The monoisotopic (exact) mass is 306 g/mol. The Morgan fingerprint density at radius 2 is 1.82 bits per heavy atom. The summed E-state index contributed by atoms with van der Waals surface area (Å²) in [5, 5.41) is 21.6. The van der Waals surface area contributed by atoms with Gasteiger partial charge in [0.05, 0.1) is 5.41 Å². The van der Waals surface area contributed by atoms with Crippen molar-refractivity contribution < 1.29 is 24.6 Å². The number of aliphatic hydroxyl groups is 2. The number of carbonyl (C=O) groups is 3. The lowest BCUT2D eigenvalue weighted by atomic mass is 9.63. The minimum atomic E-state index is -2.16. The second-order valence-corrected chi connectivity index (χ2v) is 7.99. The standard InChI is InChI=1S/C17H22O5/c1-8(2)11(18)10-12(19)16-6-5-15(3,4)9(7-16)17(22,13(10)20)14(16)21/h8-9,19,22H,5-7H2,1-4H3. The molecule has 3 atom stereocenters. The van der Waals surface area contributed by atoms with Gasteiger partial charge in [-0.15, -0.1) is 0 Å². The molecule has 2 saturated carbocycles. The Hall–Kier alpha value is -1.49. The molecule has 3 aliphatic carbocycles. The summed E-state index contributed by atoms with van der Waals surface area (Å²) in [5.74, 6) is -3.46. The number of allylic oxidation sites excluding steroid dienone is 1. The fourth-order valence-corrected chi connectivity index (χ4v) is 4.52. The quantitative estimate of drug-likeness (QED) is 0.599. The van der Waals surface area contributed by atoms with Crippen LogP contribution in [0.5, 0.6) is 0 Å². The topological polar surface area (TPSA) is 91.7 Å². The van der Waals surface area contributed by atoms with Gasteiger partial charge < -0.3 is 10.2 Å². The number of aliphatic hydroxyl groups excluding tert-OH is 1. The number of rotatable bonds is 2. The first kappa shape index (κ1) is 15.4. The van der Waals surface area contributed by atoms with E-state index in [2.05, 4.69) is 0 Å². The van der Waals surface area contributed by atoms with Crippen LogP contribution in [-0.2, 0) is 14.4 Å². The van der Waals surface area contributed by atoms with Crippen LogP contribution in [0.2, 0.25) is 0 Å². The van der Waals surface area contributed by atoms with Crippen molar-refractivity contribution in [3.05, 3.63) is 11.3 Å². The molecule has 3 unspecified atom stereocenters. The molecule has 3 aliphatic rings. The molecule has 0 aromatic heterocycles. The van der Waals surface area contributed by atoms with Crippen molar-refractivity contribution in [1.29, 1.82) is 0 Å². The molecule has 2 fully saturated rings. The predicted octanol–water partition coefficient (Wildman–Crippen LogP) is 1.73. The minimum absolute atomic E-state index is 0.238. The molecule has 22 heavy (non-hydrogen) atoms. The highest BCUT2D eigenvalue weighted by molar-refractivity contribution is 6.34. The molecule has 0 amide bonds. The maximum atomic E-state index is 12.8. The molecule has 5 nitrogen and oxygen atoms in total. The van der Waals surface area contributed by atoms with Gasteiger partial charge in [0.2, 0.25) is 5.78 Å². The van der Waals surface area contributed by atoms with Gasteiger partial charge >= 0.3 is 0 Å². The highest BCUT2D eigenvalue weighted by atomic mass is 16.3. The van der Waals surface area contributed by atoms with Gasteiger partial charge in [0.1, 0.15) is 11.3 Å². The van der Waals surface area contributed by atoms with E-state index in [1.807, 2.05) is 13.8 Å². The van der Waals surface area contributed by atoms with E-state index < -0.39 is 51.4 Å². The number of carbonyl (C=O) groups excluding carboxylic acids is 3. The number of fused-ring (bicyclic) bond motifs is 3. The van der Waals surface area contributed by atoms with Gasteiger partial charge in [0, 0.05) is 11.8 Å². The van der Waals surface area contributed by atoms with Crippen molar-refractivity contribution in [3.8, 4) is 0 Å². The summed E-state index contributed by atoms with van der Waals surface area (Å²) >= 11 is 0. The molecule has 5 heteroatoms. The summed E-state index contributed by atoms with van der Waals surface area (Å²) in [4.78, 5) is 37.9. The van der Waals surface area contributed by atoms with E-state index in [0.717, 1.165) is 0 Å². The summed E-state index contributed by atoms with van der Waals surface area (Å²) in [5.41, 5.74) is -4.15. The van der Waals surface area contributed by atoms with E-state index in [1.165, 1.54) is 0 Å². The van der Waals surface area contributed by atoms with Crippen LogP contribution >= 0.6 is 0 Å². The average Bonchev–Trinajstić information content (AvgIpc) is 2.61. The van der Waals surface area contributed by atoms with Crippen molar-refractivity contribution >= 4 is 17.3 Å². The third kappa shape index (κ3) is 1.45. The van der Waals surface area contributed by atoms with E-state index >= 15 is 0 Å². The fourth-order valence-electron chi connectivity index (χ4n) is 4.52. The molecule has 0 aliphatic heterocycles. The molecule has 1 spiro atoms. The molecule has 0 aromatic carbocycles. The summed E-state index contributed by atoms with van der Waals surface area (Å²) in [6.45, 7) is 7.10. The van der Waals surface area contributed by atoms with Gasteiger partial charge in [0.15, 0.2) is 17.2 Å². The Morgan fingerprint density at radius 3 is 2.36 bits per heavy atom. The Balaban J connectivity index is 2.27. The third-order valence-corrected chi connectivity index (χ3v) is 6.01. The molecule has 0 radical (unpaired) electrons. The Labute approximate surface area is 129 Å². The van der Waals surface area contributed by atoms with E-state index in [9.17, 15) is 24.6 Å². The van der Waals surface area contributed by atoms with Crippen LogP contribution in [0.1, 0.15) is 47.0 Å². The first-order valence-corrected chi connectivity index (χ1v) is 7.80. The van der Waals surface area contributed by atoms with Gasteiger partial charge in [-0.25, -0.2) is 0 Å². The van der Waals surface area contributed by atoms with Crippen LogP contribution in [0.3, 0.4) is 0 Å². The second kappa shape index (κ2) is 4.07. The smallest absolute Gasteiger partial charge is 0.209 e. The van der Waals surface area contributed by atoms with Gasteiger partial charge in [0.25, 0.3) is 0 Å². The van der Waals surface area contributed by atoms with Gasteiger partial charge in [-0.1, -0.05) is 27.7 Å². The van der Waals surface area contributed by atoms with Crippen molar-refractivity contribution in [2.75, 3.05) is 0 Å². The molecule has 3 rings (SSSR count). The predicted molar refractivity (Wildman–Crippen MR) is 78.0 cm³/mol. The maximum absolute atomic E-state index is 12.8. The first-order chi connectivity index (χ1) is 10.00. The lowest BCUT2D eigenvalue weighted by molar-refractivity contribution is -0.156. The molecular formula is C17H22O5. The number of hydrogen-bond donors (Lipinski definition) is 2. The lowest BCUT2D eigenvalue weighted by Crippen LogP contribution is -2.56. The van der Waals surface area contributed by atoms with Crippen LogP contribution in [-0.4, -0.2) is 33.2 Å². The van der Waals surface area contributed by atoms with Crippen LogP contribution in [0, 0.1) is 22.7 Å². The number of ketones is 3. The van der Waals surface area contributed by atoms with Gasteiger partial charge in [-0.05, 0) is 24.7 Å². The van der Waals surface area contributed by atoms with E-state index in [4.69, 9.17) is 0 Å². The van der Waals surface area contributed by atoms with Crippen molar-refractivity contribution in [3.63, 3.8) is 0 Å². The van der Waals surface area contributed by atoms with Crippen molar-refractivity contribution in [1.82, 2.24) is 0 Å². The van der Waals surface area contributed by atoms with E-state index in [-0.39, 0.29) is 12.0 Å². The molecule has 0 saturated heterocycles. The summed E-state index contributed by atoms with van der Waals surface area (Å²) in [6, 6.07) is 0. The molecule has 3 bridgehead atoms. The second-order valence-electron chi connectivity index (χ2n) is 7.99. The number of Topliss-reactive ketones (excluding diaryl/α,β-unsaturated/α-hetero) is 3. The van der Waals surface area contributed by atoms with Crippen LogP contribution in [0.4, 0.5) is 0 Å². The zero-order valence-electron chi connectivity index (χ0n) is 13.4. The molecule has 120 valence electrons. The van der Waals surface area contributed by atoms with Crippen LogP contribution < -0.4 is 0 Å². The highest BCUT2D eigenvalue weighted by Crippen LogP contribution is 2.65. The SMILES string of the molecule is CC(C)C(=O)C1=C(O)C23CCC(C)(C)C(C2)C(O)(C1=O)C3=O.